The van der Waals surface area contributed by atoms with Crippen molar-refractivity contribution in [2.24, 2.45) is 5.92 Å². The Labute approximate surface area is 101 Å². The molecule has 1 N–H and O–H groups in total. The maximum atomic E-state index is 11.3. The van der Waals surface area contributed by atoms with Gasteiger partial charge in [-0.1, -0.05) is 19.9 Å². The van der Waals surface area contributed by atoms with Gasteiger partial charge in [0.2, 0.25) is 5.91 Å². The number of thiophene rings is 1. The molecule has 0 atom stereocenters. The van der Waals surface area contributed by atoms with Crippen LogP contribution in [0.25, 0.3) is 0 Å². The normalized spacial score (nSPS) is 10.7. The highest BCUT2D eigenvalue weighted by Crippen LogP contribution is 2.11. The fourth-order valence-electron chi connectivity index (χ4n) is 1.22. The Morgan fingerprint density at radius 2 is 2.38 bits per heavy atom. The SMILES string of the molecule is CC(C)CONC(=O)CCCc1cccs1. The molecular formula is C12H19NO2S. The summed E-state index contributed by atoms with van der Waals surface area (Å²) >= 11 is 1.73. The molecule has 0 aromatic carbocycles. The van der Waals surface area contributed by atoms with Crippen LogP contribution in [-0.2, 0) is 16.1 Å². The highest BCUT2D eigenvalue weighted by atomic mass is 32.1. The molecule has 0 radical (unpaired) electrons. The van der Waals surface area contributed by atoms with Crippen LogP contribution in [0.4, 0.5) is 0 Å². The molecule has 1 aromatic rings. The Morgan fingerprint density at radius 1 is 1.56 bits per heavy atom. The molecule has 0 saturated heterocycles. The van der Waals surface area contributed by atoms with E-state index in [1.165, 1.54) is 4.88 Å². The van der Waals surface area contributed by atoms with Crippen molar-refractivity contribution in [1.29, 1.82) is 0 Å². The number of hydrogen-bond acceptors (Lipinski definition) is 3. The molecule has 0 bridgehead atoms. The molecule has 0 fully saturated rings. The van der Waals surface area contributed by atoms with Crippen LogP contribution >= 0.6 is 11.3 Å². The summed E-state index contributed by atoms with van der Waals surface area (Å²) < 4.78 is 0. The van der Waals surface area contributed by atoms with Crippen molar-refractivity contribution < 1.29 is 9.63 Å². The molecule has 4 heteroatoms. The van der Waals surface area contributed by atoms with E-state index in [2.05, 4.69) is 16.9 Å². The predicted octanol–water partition coefficient (Wildman–Crippen LogP) is 2.77. The van der Waals surface area contributed by atoms with Crippen molar-refractivity contribution in [3.8, 4) is 0 Å². The molecule has 0 saturated carbocycles. The van der Waals surface area contributed by atoms with Crippen LogP contribution in [0.3, 0.4) is 0 Å². The van der Waals surface area contributed by atoms with Gasteiger partial charge in [0.05, 0.1) is 6.61 Å². The molecule has 0 unspecified atom stereocenters. The van der Waals surface area contributed by atoms with Gasteiger partial charge in [0.1, 0.15) is 0 Å². The van der Waals surface area contributed by atoms with Crippen molar-refractivity contribution >= 4 is 17.2 Å². The maximum Gasteiger partial charge on any atom is 0.243 e. The van der Waals surface area contributed by atoms with Gasteiger partial charge in [-0.05, 0) is 30.2 Å². The van der Waals surface area contributed by atoms with Gasteiger partial charge in [-0.3, -0.25) is 9.63 Å². The first kappa shape index (κ1) is 13.2. The molecule has 1 aromatic heterocycles. The highest BCUT2D eigenvalue weighted by Gasteiger charge is 2.02. The second kappa shape index (κ2) is 7.41. The average molecular weight is 241 g/mol. The topological polar surface area (TPSA) is 38.3 Å². The number of carbonyl (C=O) groups is 1. The predicted molar refractivity (Wildman–Crippen MR) is 66.2 cm³/mol. The molecule has 1 heterocycles. The monoisotopic (exact) mass is 241 g/mol. The van der Waals surface area contributed by atoms with Gasteiger partial charge in [0, 0.05) is 11.3 Å². The van der Waals surface area contributed by atoms with Crippen molar-refractivity contribution in [3.63, 3.8) is 0 Å². The van der Waals surface area contributed by atoms with E-state index in [9.17, 15) is 4.79 Å². The van der Waals surface area contributed by atoms with E-state index >= 15 is 0 Å². The zero-order valence-electron chi connectivity index (χ0n) is 9.86. The summed E-state index contributed by atoms with van der Waals surface area (Å²) in [5.41, 5.74) is 2.46. The van der Waals surface area contributed by atoms with Crippen molar-refractivity contribution in [2.45, 2.75) is 33.1 Å². The standard InChI is InChI=1S/C12H19NO2S/c1-10(2)9-15-13-12(14)7-3-5-11-6-4-8-16-11/h4,6,8,10H,3,5,7,9H2,1-2H3,(H,13,14). The zero-order chi connectivity index (χ0) is 11.8. The Bertz CT molecular complexity index is 296. The van der Waals surface area contributed by atoms with Crippen LogP contribution < -0.4 is 5.48 Å². The van der Waals surface area contributed by atoms with Crippen molar-refractivity contribution in [2.75, 3.05) is 6.61 Å². The first-order valence-corrected chi connectivity index (χ1v) is 6.49. The molecule has 0 aliphatic carbocycles. The van der Waals surface area contributed by atoms with Gasteiger partial charge in [-0.15, -0.1) is 11.3 Å². The van der Waals surface area contributed by atoms with Gasteiger partial charge in [-0.25, -0.2) is 5.48 Å². The minimum atomic E-state index is -0.0304. The van der Waals surface area contributed by atoms with E-state index in [1.54, 1.807) is 11.3 Å². The lowest BCUT2D eigenvalue weighted by molar-refractivity contribution is -0.134. The van der Waals surface area contributed by atoms with Crippen molar-refractivity contribution in [1.82, 2.24) is 5.48 Å². The van der Waals surface area contributed by atoms with E-state index in [1.807, 2.05) is 19.9 Å². The largest absolute Gasteiger partial charge is 0.273 e. The number of carbonyl (C=O) groups excluding carboxylic acids is 1. The Balaban J connectivity index is 2.02. The molecule has 0 aliphatic heterocycles. The molecule has 3 nitrogen and oxygen atoms in total. The van der Waals surface area contributed by atoms with Crippen LogP contribution in [0.5, 0.6) is 0 Å². The second-order valence-corrected chi connectivity index (χ2v) is 5.20. The number of hydrogen-bond donors (Lipinski definition) is 1. The van der Waals surface area contributed by atoms with Crippen LogP contribution in [0.1, 0.15) is 31.6 Å². The van der Waals surface area contributed by atoms with Crippen LogP contribution in [0.2, 0.25) is 0 Å². The van der Waals surface area contributed by atoms with Gasteiger partial charge >= 0.3 is 0 Å². The second-order valence-electron chi connectivity index (χ2n) is 4.16. The summed E-state index contributed by atoms with van der Waals surface area (Å²) in [5.74, 6) is 0.406. The van der Waals surface area contributed by atoms with Gasteiger partial charge in [0.25, 0.3) is 0 Å². The minimum Gasteiger partial charge on any atom is -0.273 e. The summed E-state index contributed by atoms with van der Waals surface area (Å²) in [5, 5.41) is 2.06. The number of aryl methyl sites for hydroxylation is 1. The fourth-order valence-corrected chi connectivity index (χ4v) is 1.97. The summed E-state index contributed by atoms with van der Waals surface area (Å²) in [4.78, 5) is 17.7. The van der Waals surface area contributed by atoms with Gasteiger partial charge in [0.15, 0.2) is 0 Å². The summed E-state index contributed by atoms with van der Waals surface area (Å²) in [6.07, 6.45) is 2.36. The third-order valence-electron chi connectivity index (χ3n) is 2.01. The fraction of sp³-hybridized carbons (Fsp3) is 0.583. The van der Waals surface area contributed by atoms with E-state index in [4.69, 9.17) is 4.84 Å². The first-order chi connectivity index (χ1) is 7.68. The molecule has 16 heavy (non-hydrogen) atoms. The minimum absolute atomic E-state index is 0.0304. The van der Waals surface area contributed by atoms with E-state index in [0.29, 0.717) is 18.9 Å². The van der Waals surface area contributed by atoms with Crippen molar-refractivity contribution in [3.05, 3.63) is 22.4 Å². The third-order valence-corrected chi connectivity index (χ3v) is 2.95. The molecule has 1 amide bonds. The van der Waals surface area contributed by atoms with E-state index in [-0.39, 0.29) is 5.91 Å². The smallest absolute Gasteiger partial charge is 0.243 e. The van der Waals surface area contributed by atoms with E-state index < -0.39 is 0 Å². The third kappa shape index (κ3) is 5.88. The molecule has 0 aliphatic rings. The summed E-state index contributed by atoms with van der Waals surface area (Å²) in [6.45, 7) is 4.66. The Hall–Kier alpha value is -0.870. The molecule has 1 rings (SSSR count). The van der Waals surface area contributed by atoms with E-state index in [0.717, 1.165) is 12.8 Å². The Morgan fingerprint density at radius 3 is 3.00 bits per heavy atom. The van der Waals surface area contributed by atoms with Gasteiger partial charge in [-0.2, -0.15) is 0 Å². The number of hydroxylamine groups is 1. The lowest BCUT2D eigenvalue weighted by atomic mass is 10.2. The lowest BCUT2D eigenvalue weighted by Crippen LogP contribution is -2.25. The lowest BCUT2D eigenvalue weighted by Gasteiger charge is -2.07. The number of nitrogens with one attached hydrogen (secondary N) is 1. The van der Waals surface area contributed by atoms with Gasteiger partial charge < -0.3 is 0 Å². The highest BCUT2D eigenvalue weighted by molar-refractivity contribution is 7.09. The summed E-state index contributed by atoms with van der Waals surface area (Å²) in [6, 6.07) is 4.13. The quantitative estimate of drug-likeness (QED) is 0.745. The zero-order valence-corrected chi connectivity index (χ0v) is 10.7. The summed E-state index contributed by atoms with van der Waals surface area (Å²) in [7, 11) is 0. The first-order valence-electron chi connectivity index (χ1n) is 5.61. The Kier molecular flexibility index (Phi) is 6.11. The number of rotatable bonds is 7. The molecule has 90 valence electrons. The average Bonchev–Trinajstić information content (AvgIpc) is 2.70. The van der Waals surface area contributed by atoms with Crippen LogP contribution in [0.15, 0.2) is 17.5 Å². The maximum absolute atomic E-state index is 11.3. The molecular weight excluding hydrogens is 222 g/mol. The van der Waals surface area contributed by atoms with Crippen LogP contribution in [0, 0.1) is 5.92 Å². The number of amides is 1. The molecule has 0 spiro atoms. The van der Waals surface area contributed by atoms with Crippen LogP contribution in [-0.4, -0.2) is 12.5 Å².